The number of nitrogens with one attached hydrogen (secondary N) is 1. The van der Waals surface area contributed by atoms with Crippen molar-refractivity contribution in [2.24, 2.45) is 0 Å². The third-order valence-electron chi connectivity index (χ3n) is 4.55. The molecule has 0 saturated carbocycles. The molecule has 1 N–H and O–H groups in total. The van der Waals surface area contributed by atoms with Gasteiger partial charge in [0.25, 0.3) is 0 Å². The molecule has 1 aliphatic heterocycles. The van der Waals surface area contributed by atoms with Crippen molar-refractivity contribution in [3.05, 3.63) is 54.1 Å². The Kier molecular flexibility index (Phi) is 6.12. The molecule has 0 spiro atoms. The van der Waals surface area contributed by atoms with Gasteiger partial charge in [-0.3, -0.25) is 9.69 Å². The topological polar surface area (TPSA) is 44.8 Å². The smallest absolute Gasteiger partial charge is 0.238 e. The molecule has 1 fully saturated rings. The lowest BCUT2D eigenvalue weighted by Crippen LogP contribution is -2.48. The van der Waals surface area contributed by atoms with Crippen LogP contribution in [-0.2, 0) is 4.79 Å². The van der Waals surface area contributed by atoms with Crippen molar-refractivity contribution in [3.8, 4) is 5.75 Å². The average molecular weight is 353 g/mol. The summed E-state index contributed by atoms with van der Waals surface area (Å²) in [7, 11) is 0. The molecule has 0 radical (unpaired) electrons. The van der Waals surface area contributed by atoms with E-state index in [0.29, 0.717) is 13.2 Å². The number of carbonyl (C=O) groups is 1. The molecule has 2 aromatic rings. The van der Waals surface area contributed by atoms with E-state index in [-0.39, 0.29) is 5.91 Å². The molecule has 1 aliphatic rings. The van der Waals surface area contributed by atoms with E-state index in [1.165, 1.54) is 0 Å². The summed E-state index contributed by atoms with van der Waals surface area (Å²) in [5.41, 5.74) is 3.14. The first kappa shape index (κ1) is 18.3. The second-order valence-electron chi connectivity index (χ2n) is 6.58. The van der Waals surface area contributed by atoms with Gasteiger partial charge in [-0.25, -0.2) is 0 Å². The summed E-state index contributed by atoms with van der Waals surface area (Å²) < 4.78 is 5.74. The number of para-hydroxylation sites is 2. The summed E-state index contributed by atoms with van der Waals surface area (Å²) in [6.07, 6.45) is 0. The maximum Gasteiger partial charge on any atom is 0.238 e. The van der Waals surface area contributed by atoms with Gasteiger partial charge < -0.3 is 15.0 Å². The molecule has 0 bridgehead atoms. The average Bonchev–Trinajstić information content (AvgIpc) is 2.63. The zero-order chi connectivity index (χ0) is 18.4. The summed E-state index contributed by atoms with van der Waals surface area (Å²) in [5, 5.41) is 2.98. The Bertz CT molecular complexity index is 740. The molecule has 3 rings (SSSR count). The third kappa shape index (κ3) is 4.76. The van der Waals surface area contributed by atoms with Crippen LogP contribution >= 0.6 is 0 Å². The molecule has 0 atom stereocenters. The molecule has 2 aromatic carbocycles. The molecule has 0 aliphatic carbocycles. The number of amides is 1. The van der Waals surface area contributed by atoms with Crippen LogP contribution in [0.1, 0.15) is 12.5 Å². The van der Waals surface area contributed by atoms with Crippen molar-refractivity contribution < 1.29 is 9.53 Å². The highest BCUT2D eigenvalue weighted by Crippen LogP contribution is 2.28. The van der Waals surface area contributed by atoms with Gasteiger partial charge in [-0.1, -0.05) is 24.3 Å². The lowest BCUT2D eigenvalue weighted by atomic mass is 10.2. The number of nitrogens with zero attached hydrogens (tertiary/aromatic N) is 2. The number of hydrogen-bond acceptors (Lipinski definition) is 4. The Balaban J connectivity index is 1.52. The van der Waals surface area contributed by atoms with Crippen molar-refractivity contribution in [3.63, 3.8) is 0 Å². The van der Waals surface area contributed by atoms with Crippen molar-refractivity contribution in [1.82, 2.24) is 4.90 Å². The van der Waals surface area contributed by atoms with E-state index in [1.54, 1.807) is 0 Å². The summed E-state index contributed by atoms with van der Waals surface area (Å²) in [6, 6.07) is 16.0. The minimum Gasteiger partial charge on any atom is -0.492 e. The summed E-state index contributed by atoms with van der Waals surface area (Å²) in [6.45, 7) is 8.62. The molecule has 1 saturated heterocycles. The van der Waals surface area contributed by atoms with Crippen LogP contribution < -0.4 is 15.0 Å². The lowest BCUT2D eigenvalue weighted by molar-refractivity contribution is -0.117. The molecule has 1 heterocycles. The highest BCUT2D eigenvalue weighted by molar-refractivity contribution is 5.92. The fraction of sp³-hybridized carbons (Fsp3) is 0.381. The maximum atomic E-state index is 12.3. The first-order valence-corrected chi connectivity index (χ1v) is 9.21. The van der Waals surface area contributed by atoms with Crippen LogP contribution in [0.5, 0.6) is 5.75 Å². The van der Waals surface area contributed by atoms with E-state index in [0.717, 1.165) is 48.9 Å². The Labute approximate surface area is 155 Å². The molecular weight excluding hydrogens is 326 g/mol. The van der Waals surface area contributed by atoms with Crippen LogP contribution in [0.4, 0.5) is 11.4 Å². The number of ether oxygens (including phenoxy) is 1. The van der Waals surface area contributed by atoms with E-state index < -0.39 is 0 Å². The second kappa shape index (κ2) is 8.72. The summed E-state index contributed by atoms with van der Waals surface area (Å²) in [5.74, 6) is 0.972. The number of piperazine rings is 1. The van der Waals surface area contributed by atoms with E-state index in [2.05, 4.69) is 21.2 Å². The Morgan fingerprint density at radius 2 is 1.85 bits per heavy atom. The maximum absolute atomic E-state index is 12.3. The molecular formula is C21H27N3O2. The number of anilines is 2. The van der Waals surface area contributed by atoms with Crippen LogP contribution in [-0.4, -0.2) is 50.1 Å². The van der Waals surface area contributed by atoms with Crippen LogP contribution in [0.15, 0.2) is 48.5 Å². The monoisotopic (exact) mass is 353 g/mol. The highest BCUT2D eigenvalue weighted by Gasteiger charge is 2.21. The van der Waals surface area contributed by atoms with Crippen molar-refractivity contribution >= 4 is 17.3 Å². The number of carbonyl (C=O) groups excluding carboxylic acids is 1. The largest absolute Gasteiger partial charge is 0.492 e. The Hall–Kier alpha value is -2.53. The number of benzene rings is 2. The van der Waals surface area contributed by atoms with Gasteiger partial charge in [0.15, 0.2) is 0 Å². The zero-order valence-corrected chi connectivity index (χ0v) is 15.6. The minimum absolute atomic E-state index is 0.0405. The second-order valence-corrected chi connectivity index (χ2v) is 6.58. The van der Waals surface area contributed by atoms with E-state index in [9.17, 15) is 4.79 Å². The van der Waals surface area contributed by atoms with Crippen molar-refractivity contribution in [1.29, 1.82) is 0 Å². The first-order chi connectivity index (χ1) is 12.7. The molecule has 0 unspecified atom stereocenters. The third-order valence-corrected chi connectivity index (χ3v) is 4.55. The number of aryl methyl sites for hydroxylation is 1. The molecule has 0 aromatic heterocycles. The molecule has 1 amide bonds. The van der Waals surface area contributed by atoms with Gasteiger partial charge in [0.05, 0.1) is 18.8 Å². The molecule has 5 heteroatoms. The lowest BCUT2D eigenvalue weighted by Gasteiger charge is -2.36. The van der Waals surface area contributed by atoms with E-state index in [4.69, 9.17) is 4.74 Å². The minimum atomic E-state index is 0.0405. The van der Waals surface area contributed by atoms with Gasteiger partial charge in [0, 0.05) is 31.9 Å². The van der Waals surface area contributed by atoms with Crippen LogP contribution in [0.25, 0.3) is 0 Å². The fourth-order valence-corrected chi connectivity index (χ4v) is 3.27. The van der Waals surface area contributed by atoms with Crippen LogP contribution in [0.3, 0.4) is 0 Å². The standard InChI is InChI=1S/C21H27N3O2/c1-3-26-20-10-5-4-9-19(20)24-13-11-23(12-14-24)16-21(25)22-18-8-6-7-17(2)15-18/h4-10,15H,3,11-14,16H2,1-2H3,(H,22,25). The number of rotatable bonds is 6. The molecule has 26 heavy (non-hydrogen) atoms. The van der Waals surface area contributed by atoms with Crippen molar-refractivity contribution in [2.75, 3.05) is 49.5 Å². The normalized spacial score (nSPS) is 14.9. The molecule has 138 valence electrons. The Morgan fingerprint density at radius 3 is 2.58 bits per heavy atom. The fourth-order valence-electron chi connectivity index (χ4n) is 3.27. The van der Waals surface area contributed by atoms with Gasteiger partial charge in [-0.2, -0.15) is 0 Å². The zero-order valence-electron chi connectivity index (χ0n) is 15.6. The van der Waals surface area contributed by atoms with Gasteiger partial charge >= 0.3 is 0 Å². The Morgan fingerprint density at radius 1 is 1.08 bits per heavy atom. The van der Waals surface area contributed by atoms with Crippen LogP contribution in [0, 0.1) is 6.92 Å². The highest BCUT2D eigenvalue weighted by atomic mass is 16.5. The van der Waals surface area contributed by atoms with Gasteiger partial charge in [0.2, 0.25) is 5.91 Å². The van der Waals surface area contributed by atoms with Gasteiger partial charge in [0.1, 0.15) is 5.75 Å². The summed E-state index contributed by atoms with van der Waals surface area (Å²) >= 11 is 0. The molecule has 5 nitrogen and oxygen atoms in total. The predicted molar refractivity (Wildman–Crippen MR) is 106 cm³/mol. The van der Waals surface area contributed by atoms with E-state index in [1.807, 2.05) is 56.3 Å². The predicted octanol–water partition coefficient (Wildman–Crippen LogP) is 3.15. The first-order valence-electron chi connectivity index (χ1n) is 9.21. The summed E-state index contributed by atoms with van der Waals surface area (Å²) in [4.78, 5) is 16.8. The van der Waals surface area contributed by atoms with Gasteiger partial charge in [-0.05, 0) is 43.7 Å². The SMILES string of the molecule is CCOc1ccccc1N1CCN(CC(=O)Nc2cccc(C)c2)CC1. The van der Waals surface area contributed by atoms with Crippen molar-refractivity contribution in [2.45, 2.75) is 13.8 Å². The van der Waals surface area contributed by atoms with Gasteiger partial charge in [-0.15, -0.1) is 0 Å². The quantitative estimate of drug-likeness (QED) is 0.866. The van der Waals surface area contributed by atoms with Crippen LogP contribution in [0.2, 0.25) is 0 Å². The van der Waals surface area contributed by atoms with E-state index >= 15 is 0 Å². The number of hydrogen-bond donors (Lipinski definition) is 1.